The minimum atomic E-state index is -6.36. The number of nitrogens with one attached hydrogen (secondary N) is 2. The van der Waals surface area contributed by atoms with Gasteiger partial charge in [-0.2, -0.15) is 26.3 Å². The lowest BCUT2D eigenvalue weighted by Crippen LogP contribution is -2.40. The van der Waals surface area contributed by atoms with Crippen LogP contribution in [0.25, 0.3) is 11.1 Å². The van der Waals surface area contributed by atoms with Crippen molar-refractivity contribution in [3.8, 4) is 11.1 Å². The van der Waals surface area contributed by atoms with Crippen LogP contribution in [0.3, 0.4) is 0 Å². The third-order valence-corrected chi connectivity index (χ3v) is 12.3. The van der Waals surface area contributed by atoms with Crippen LogP contribution in [-0.2, 0) is 40.1 Å². The van der Waals surface area contributed by atoms with E-state index in [-0.39, 0.29) is 11.1 Å². The van der Waals surface area contributed by atoms with Gasteiger partial charge in [-0.1, -0.05) is 20.4 Å². The Bertz CT molecular complexity index is 1520. The Morgan fingerprint density at radius 2 is 0.833 bits per heavy atom. The monoisotopic (exact) mass is 732 g/mol. The molecule has 22 heteroatoms. The molecule has 0 radical (unpaired) electrons. The van der Waals surface area contributed by atoms with Gasteiger partial charge in [-0.15, -0.1) is 0 Å². The molecule has 0 spiro atoms. The minimum absolute atomic E-state index is 0.273. The highest BCUT2D eigenvalue weighted by molar-refractivity contribution is 9.10. The Hall–Kier alpha value is -1.30. The van der Waals surface area contributed by atoms with E-state index in [1.54, 1.807) is 0 Å². The molecule has 0 fully saturated rings. The molecular weight excluding hydrogens is 726 g/mol. The molecule has 36 heavy (non-hydrogen) atoms. The molecule has 0 aliphatic rings. The van der Waals surface area contributed by atoms with Gasteiger partial charge in [0, 0.05) is 8.95 Å². The summed E-state index contributed by atoms with van der Waals surface area (Å²) < 4.78 is 170. The van der Waals surface area contributed by atoms with Gasteiger partial charge in [0.1, 0.15) is 0 Å². The highest BCUT2D eigenvalue weighted by atomic mass is 79.9. The minimum Gasteiger partial charge on any atom is -0.206 e. The molecule has 10 nitrogen and oxygen atoms in total. The van der Waals surface area contributed by atoms with Gasteiger partial charge in [0.2, 0.25) is 0 Å². The Morgan fingerprint density at radius 3 is 1.08 bits per heavy atom. The molecule has 202 valence electrons. The first-order valence-corrected chi connectivity index (χ1v) is 15.7. The van der Waals surface area contributed by atoms with Gasteiger partial charge in [-0.3, -0.25) is 0 Å². The standard InChI is InChI=1S/C14H8Br2F6N2O8S4/c15-9-3-1-7(5-11(9)33(25,26)23-35(29,30)13(17,18)19)8-2-4-10(16)12(6-8)34(27,28)24-36(31,32)14(20,21)22/h1-6,23-24H. The van der Waals surface area contributed by atoms with Crippen molar-refractivity contribution in [2.75, 3.05) is 0 Å². The van der Waals surface area contributed by atoms with Crippen LogP contribution < -0.4 is 8.25 Å². The molecule has 2 aromatic rings. The molecule has 0 aliphatic heterocycles. The molecule has 0 amide bonds. The lowest BCUT2D eigenvalue weighted by Gasteiger charge is -2.14. The van der Waals surface area contributed by atoms with Gasteiger partial charge in [-0.25, -0.2) is 33.7 Å². The third-order valence-electron chi connectivity index (χ3n) is 3.82. The van der Waals surface area contributed by atoms with Gasteiger partial charge in [0.25, 0.3) is 20.0 Å². The predicted octanol–water partition coefficient (Wildman–Crippen LogP) is 3.13. The van der Waals surface area contributed by atoms with Gasteiger partial charge in [-0.05, 0) is 67.3 Å². The zero-order valence-electron chi connectivity index (χ0n) is 16.4. The molecule has 2 aromatic carbocycles. The maximum Gasteiger partial charge on any atom is 0.512 e. The first-order chi connectivity index (χ1) is 15.9. The summed E-state index contributed by atoms with van der Waals surface area (Å²) in [6.07, 6.45) is 0. The Labute approximate surface area is 216 Å². The van der Waals surface area contributed by atoms with Gasteiger partial charge < -0.3 is 0 Å². The molecule has 0 atom stereocenters. The van der Waals surface area contributed by atoms with Crippen molar-refractivity contribution in [1.82, 2.24) is 8.25 Å². The summed E-state index contributed by atoms with van der Waals surface area (Å²) in [6.45, 7) is 0. The Balaban J connectivity index is 2.63. The first-order valence-electron chi connectivity index (χ1n) is 8.20. The van der Waals surface area contributed by atoms with E-state index in [0.717, 1.165) is 24.3 Å². The van der Waals surface area contributed by atoms with Gasteiger partial charge in [0.15, 0.2) is 0 Å². The predicted molar refractivity (Wildman–Crippen MR) is 118 cm³/mol. The van der Waals surface area contributed by atoms with Crippen molar-refractivity contribution in [2.45, 2.75) is 20.8 Å². The summed E-state index contributed by atoms with van der Waals surface area (Å²) in [5.74, 6) is 0. The Morgan fingerprint density at radius 1 is 0.556 bits per heavy atom. The normalized spacial score (nSPS) is 14.1. The summed E-state index contributed by atoms with van der Waals surface area (Å²) in [6, 6.07) is 5.29. The maximum absolute atomic E-state index is 12.6. The summed E-state index contributed by atoms with van der Waals surface area (Å²) in [5, 5.41) is 0. The summed E-state index contributed by atoms with van der Waals surface area (Å²) in [7, 11) is -23.5. The second kappa shape index (κ2) is 9.78. The molecule has 0 unspecified atom stereocenters. The van der Waals surface area contributed by atoms with Crippen LogP contribution in [0, 0.1) is 0 Å². The van der Waals surface area contributed by atoms with Crippen LogP contribution in [0.1, 0.15) is 0 Å². The second-order valence-corrected chi connectivity index (χ2v) is 15.2. The number of alkyl halides is 6. The van der Waals surface area contributed by atoms with Crippen molar-refractivity contribution in [3.63, 3.8) is 0 Å². The van der Waals surface area contributed by atoms with Crippen molar-refractivity contribution in [1.29, 1.82) is 0 Å². The average molecular weight is 734 g/mol. The van der Waals surface area contributed by atoms with E-state index in [1.807, 2.05) is 0 Å². The lowest BCUT2D eigenvalue weighted by molar-refractivity contribution is -0.0447. The van der Waals surface area contributed by atoms with E-state index in [0.29, 0.717) is 20.4 Å². The molecule has 0 aliphatic carbocycles. The quantitative estimate of drug-likeness (QED) is 0.411. The highest BCUT2D eigenvalue weighted by Crippen LogP contribution is 2.34. The van der Waals surface area contributed by atoms with E-state index >= 15 is 0 Å². The first kappa shape index (κ1) is 30.9. The van der Waals surface area contributed by atoms with E-state index in [4.69, 9.17) is 0 Å². The molecule has 2 rings (SSSR count). The van der Waals surface area contributed by atoms with Crippen LogP contribution in [0.5, 0.6) is 0 Å². The topological polar surface area (TPSA) is 161 Å². The zero-order valence-corrected chi connectivity index (χ0v) is 22.8. The fraction of sp³-hybridized carbons (Fsp3) is 0.143. The van der Waals surface area contributed by atoms with Gasteiger partial charge >= 0.3 is 31.1 Å². The number of rotatable bonds is 7. The van der Waals surface area contributed by atoms with E-state index in [1.165, 1.54) is 0 Å². The van der Waals surface area contributed by atoms with Gasteiger partial charge in [0.05, 0.1) is 9.79 Å². The molecular formula is C14H8Br2F6N2O8S4. The van der Waals surface area contributed by atoms with E-state index in [9.17, 15) is 60.0 Å². The number of halogens is 8. The number of benzene rings is 2. The van der Waals surface area contributed by atoms with E-state index < -0.39 is 69.8 Å². The number of hydrogen-bond donors (Lipinski definition) is 2. The lowest BCUT2D eigenvalue weighted by atomic mass is 10.1. The fourth-order valence-electron chi connectivity index (χ4n) is 2.25. The average Bonchev–Trinajstić information content (AvgIpc) is 2.65. The second-order valence-electron chi connectivity index (χ2n) is 6.36. The molecule has 2 N–H and O–H groups in total. The molecule has 0 saturated heterocycles. The molecule has 0 aromatic heterocycles. The van der Waals surface area contributed by atoms with Crippen molar-refractivity contribution >= 4 is 72.0 Å². The van der Waals surface area contributed by atoms with Crippen LogP contribution in [0.2, 0.25) is 0 Å². The largest absolute Gasteiger partial charge is 0.512 e. The zero-order chi connectivity index (χ0) is 28.1. The third kappa shape index (κ3) is 6.57. The highest BCUT2D eigenvalue weighted by Gasteiger charge is 2.49. The van der Waals surface area contributed by atoms with Crippen LogP contribution >= 0.6 is 31.9 Å². The molecule has 0 bridgehead atoms. The smallest absolute Gasteiger partial charge is 0.206 e. The van der Waals surface area contributed by atoms with Crippen LogP contribution in [-0.4, -0.2) is 44.7 Å². The SMILES string of the molecule is O=S(=O)(NS(=O)(=O)C(F)(F)F)c1cc(-c2ccc(Br)c(S(=O)(=O)NS(=O)(=O)C(F)(F)F)c2)ccc1Br. The van der Waals surface area contributed by atoms with Crippen molar-refractivity contribution in [2.24, 2.45) is 0 Å². The molecule has 0 heterocycles. The maximum atomic E-state index is 12.6. The summed E-state index contributed by atoms with van der Waals surface area (Å²) >= 11 is 5.45. The number of sulfonamides is 4. The number of hydrogen-bond acceptors (Lipinski definition) is 8. The summed E-state index contributed by atoms with van der Waals surface area (Å²) in [5.41, 5.74) is -12.5. The van der Waals surface area contributed by atoms with Crippen molar-refractivity contribution in [3.05, 3.63) is 45.3 Å². The molecule has 0 saturated carbocycles. The fourth-order valence-corrected chi connectivity index (χ4v) is 9.02. The Kier molecular flexibility index (Phi) is 8.40. The van der Waals surface area contributed by atoms with Crippen LogP contribution in [0.4, 0.5) is 26.3 Å². The van der Waals surface area contributed by atoms with Crippen LogP contribution in [0.15, 0.2) is 55.1 Å². The van der Waals surface area contributed by atoms with Crippen molar-refractivity contribution < 1.29 is 60.0 Å². The van der Waals surface area contributed by atoms with E-state index in [2.05, 4.69) is 31.9 Å². The summed E-state index contributed by atoms with van der Waals surface area (Å²) in [4.78, 5) is -2.09.